The van der Waals surface area contributed by atoms with Gasteiger partial charge in [-0.15, -0.1) is 0 Å². The summed E-state index contributed by atoms with van der Waals surface area (Å²) >= 11 is 5.95. The van der Waals surface area contributed by atoms with Gasteiger partial charge in [0, 0.05) is 35.4 Å². The molecule has 1 aliphatic heterocycles. The van der Waals surface area contributed by atoms with Gasteiger partial charge in [0.1, 0.15) is 0 Å². The van der Waals surface area contributed by atoms with Crippen LogP contribution in [0.15, 0.2) is 36.4 Å². The zero-order valence-corrected chi connectivity index (χ0v) is 13.4. The molecule has 1 heterocycles. The van der Waals surface area contributed by atoms with Crippen molar-refractivity contribution in [2.75, 3.05) is 24.0 Å². The van der Waals surface area contributed by atoms with E-state index in [9.17, 15) is 4.79 Å². The fourth-order valence-corrected chi connectivity index (χ4v) is 2.44. The number of carbonyl (C=O) groups excluding carboxylic acids is 1. The van der Waals surface area contributed by atoms with Gasteiger partial charge in [0.25, 0.3) is 0 Å². The first kappa shape index (κ1) is 15.5. The minimum Gasteiger partial charge on any atom is -0.454 e. The van der Waals surface area contributed by atoms with Crippen LogP contribution in [0.3, 0.4) is 0 Å². The molecule has 0 bridgehead atoms. The number of carbonyl (C=O) groups is 1. The lowest BCUT2D eigenvalue weighted by Gasteiger charge is -2.10. The molecule has 0 atom stereocenters. The van der Waals surface area contributed by atoms with Gasteiger partial charge >= 0.3 is 0 Å². The molecule has 5 nitrogen and oxygen atoms in total. The zero-order valence-electron chi connectivity index (χ0n) is 12.7. The number of hydrogen-bond acceptors (Lipinski definition) is 4. The van der Waals surface area contributed by atoms with Crippen molar-refractivity contribution in [3.8, 4) is 11.5 Å². The molecule has 0 unspecified atom stereocenters. The van der Waals surface area contributed by atoms with Gasteiger partial charge in [-0.1, -0.05) is 17.7 Å². The summed E-state index contributed by atoms with van der Waals surface area (Å²) in [6.45, 7) is 2.70. The van der Waals surface area contributed by atoms with E-state index >= 15 is 0 Å². The lowest BCUT2D eigenvalue weighted by atomic mass is 10.2. The molecule has 23 heavy (non-hydrogen) atoms. The van der Waals surface area contributed by atoms with Crippen LogP contribution in [0.25, 0.3) is 0 Å². The van der Waals surface area contributed by atoms with Crippen molar-refractivity contribution >= 4 is 28.9 Å². The highest BCUT2D eigenvalue weighted by atomic mass is 35.5. The van der Waals surface area contributed by atoms with Crippen LogP contribution >= 0.6 is 11.6 Å². The Hall–Kier alpha value is -2.40. The number of halogens is 1. The topological polar surface area (TPSA) is 59.6 Å². The summed E-state index contributed by atoms with van der Waals surface area (Å²) < 4.78 is 10.6. The molecular formula is C17H17ClN2O3. The summed E-state index contributed by atoms with van der Waals surface area (Å²) in [6.07, 6.45) is 0.348. The number of nitrogens with one attached hydrogen (secondary N) is 2. The van der Waals surface area contributed by atoms with Crippen molar-refractivity contribution in [3.63, 3.8) is 0 Å². The van der Waals surface area contributed by atoms with Gasteiger partial charge in [-0.05, 0) is 36.8 Å². The summed E-state index contributed by atoms with van der Waals surface area (Å²) in [6, 6.07) is 11.0. The molecule has 120 valence electrons. The molecule has 0 saturated carbocycles. The van der Waals surface area contributed by atoms with Gasteiger partial charge in [-0.3, -0.25) is 4.79 Å². The summed E-state index contributed by atoms with van der Waals surface area (Å²) in [4.78, 5) is 12.0. The van der Waals surface area contributed by atoms with Gasteiger partial charge in [0.15, 0.2) is 11.5 Å². The van der Waals surface area contributed by atoms with Crippen molar-refractivity contribution in [3.05, 3.63) is 47.0 Å². The first-order valence-electron chi connectivity index (χ1n) is 7.31. The fraction of sp³-hybridized carbons (Fsp3) is 0.235. The van der Waals surface area contributed by atoms with E-state index < -0.39 is 0 Å². The molecule has 6 heteroatoms. The van der Waals surface area contributed by atoms with E-state index in [2.05, 4.69) is 10.6 Å². The SMILES string of the molecule is Cc1ccc(Cl)cc1NC(=O)CCNc1ccc2c(c1)OCO2. The second-order valence-electron chi connectivity index (χ2n) is 5.25. The van der Waals surface area contributed by atoms with Crippen molar-refractivity contribution < 1.29 is 14.3 Å². The number of aryl methyl sites for hydroxylation is 1. The van der Waals surface area contributed by atoms with Crippen LogP contribution < -0.4 is 20.1 Å². The first-order valence-corrected chi connectivity index (χ1v) is 7.69. The predicted octanol–water partition coefficient (Wildman–Crippen LogP) is 3.82. The lowest BCUT2D eigenvalue weighted by molar-refractivity contribution is -0.115. The van der Waals surface area contributed by atoms with Crippen LogP contribution in [0.1, 0.15) is 12.0 Å². The zero-order chi connectivity index (χ0) is 16.2. The van der Waals surface area contributed by atoms with Gasteiger partial charge in [0.05, 0.1) is 0 Å². The molecular weight excluding hydrogens is 316 g/mol. The van der Waals surface area contributed by atoms with Gasteiger partial charge in [-0.25, -0.2) is 0 Å². The number of rotatable bonds is 5. The molecule has 0 aromatic heterocycles. The second kappa shape index (κ2) is 6.79. The van der Waals surface area contributed by atoms with E-state index in [-0.39, 0.29) is 12.7 Å². The van der Waals surface area contributed by atoms with Crippen molar-refractivity contribution in [1.82, 2.24) is 0 Å². The molecule has 0 spiro atoms. The number of ether oxygens (including phenoxy) is 2. The van der Waals surface area contributed by atoms with E-state index in [0.717, 1.165) is 22.7 Å². The highest BCUT2D eigenvalue weighted by Crippen LogP contribution is 2.34. The van der Waals surface area contributed by atoms with Crippen LogP contribution in [0.2, 0.25) is 5.02 Å². The number of anilines is 2. The Labute approximate surface area is 139 Å². The van der Waals surface area contributed by atoms with Gasteiger partial charge in [0.2, 0.25) is 12.7 Å². The van der Waals surface area contributed by atoms with Crippen LogP contribution in [-0.4, -0.2) is 19.2 Å². The minimum absolute atomic E-state index is 0.0661. The molecule has 0 fully saturated rings. The Morgan fingerprint density at radius 2 is 2.00 bits per heavy atom. The van der Waals surface area contributed by atoms with Crippen LogP contribution in [0, 0.1) is 6.92 Å². The Morgan fingerprint density at radius 1 is 1.17 bits per heavy atom. The molecule has 2 aromatic carbocycles. The molecule has 2 N–H and O–H groups in total. The summed E-state index contributed by atoms with van der Waals surface area (Å²) in [5.41, 5.74) is 2.61. The third kappa shape index (κ3) is 3.87. The van der Waals surface area contributed by atoms with E-state index in [1.54, 1.807) is 12.1 Å². The molecule has 1 amide bonds. The maximum Gasteiger partial charge on any atom is 0.231 e. The quantitative estimate of drug-likeness (QED) is 0.874. The van der Waals surface area contributed by atoms with Gasteiger partial charge < -0.3 is 20.1 Å². The third-order valence-electron chi connectivity index (χ3n) is 3.53. The molecule has 2 aromatic rings. The highest BCUT2D eigenvalue weighted by Gasteiger charge is 2.13. The molecule has 3 rings (SSSR count). The number of hydrogen-bond donors (Lipinski definition) is 2. The maximum atomic E-state index is 12.0. The van der Waals surface area contributed by atoms with Crippen LogP contribution in [-0.2, 0) is 4.79 Å². The average Bonchev–Trinajstić information content (AvgIpc) is 2.98. The third-order valence-corrected chi connectivity index (χ3v) is 3.76. The van der Waals surface area contributed by atoms with E-state index in [4.69, 9.17) is 21.1 Å². The lowest BCUT2D eigenvalue weighted by Crippen LogP contribution is -2.16. The van der Waals surface area contributed by atoms with E-state index in [0.29, 0.717) is 23.7 Å². The summed E-state index contributed by atoms with van der Waals surface area (Å²) in [5.74, 6) is 1.39. The van der Waals surface area contributed by atoms with Crippen molar-refractivity contribution in [2.45, 2.75) is 13.3 Å². The maximum absolute atomic E-state index is 12.0. The molecule has 0 aliphatic carbocycles. The number of fused-ring (bicyclic) bond motifs is 1. The normalized spacial score (nSPS) is 12.1. The number of amides is 1. The molecule has 1 aliphatic rings. The minimum atomic E-state index is -0.0661. The Morgan fingerprint density at radius 3 is 2.87 bits per heavy atom. The van der Waals surface area contributed by atoms with Crippen molar-refractivity contribution in [1.29, 1.82) is 0 Å². The first-order chi connectivity index (χ1) is 11.1. The second-order valence-corrected chi connectivity index (χ2v) is 5.69. The Bertz CT molecular complexity index is 734. The summed E-state index contributed by atoms with van der Waals surface area (Å²) in [5, 5.41) is 6.67. The largest absolute Gasteiger partial charge is 0.454 e. The van der Waals surface area contributed by atoms with E-state index in [1.807, 2.05) is 31.2 Å². The monoisotopic (exact) mass is 332 g/mol. The molecule has 0 saturated heterocycles. The standard InChI is InChI=1S/C17H17ClN2O3/c1-11-2-3-12(18)8-14(11)20-17(21)6-7-19-13-4-5-15-16(9-13)23-10-22-15/h2-5,8-9,19H,6-7,10H2,1H3,(H,20,21). The molecule has 0 radical (unpaired) electrons. The Kier molecular flexibility index (Phi) is 4.57. The Balaban J connectivity index is 1.50. The average molecular weight is 333 g/mol. The number of benzene rings is 2. The van der Waals surface area contributed by atoms with Crippen LogP contribution in [0.5, 0.6) is 11.5 Å². The predicted molar refractivity (Wildman–Crippen MR) is 90.5 cm³/mol. The highest BCUT2D eigenvalue weighted by molar-refractivity contribution is 6.31. The van der Waals surface area contributed by atoms with Crippen molar-refractivity contribution in [2.24, 2.45) is 0 Å². The fourth-order valence-electron chi connectivity index (χ4n) is 2.27. The summed E-state index contributed by atoms with van der Waals surface area (Å²) in [7, 11) is 0. The van der Waals surface area contributed by atoms with Crippen LogP contribution in [0.4, 0.5) is 11.4 Å². The smallest absolute Gasteiger partial charge is 0.231 e. The van der Waals surface area contributed by atoms with E-state index in [1.165, 1.54) is 0 Å². The van der Waals surface area contributed by atoms with Gasteiger partial charge in [-0.2, -0.15) is 0 Å².